The lowest BCUT2D eigenvalue weighted by Crippen LogP contribution is -2.40. The molecule has 0 atom stereocenters. The van der Waals surface area contributed by atoms with E-state index < -0.39 is 25.1 Å². The standard InChI is InChI=1S/C9H20N2O4S2/c1-10-5-2-6-11-17(14,15)9-3-7-16(12,13)8-4-9/h9-11H,2-8H2,1H3. The highest BCUT2D eigenvalue weighted by Gasteiger charge is 2.32. The van der Waals surface area contributed by atoms with Crippen LogP contribution in [-0.4, -0.2) is 53.7 Å². The first-order valence-corrected chi connectivity index (χ1v) is 9.08. The summed E-state index contributed by atoms with van der Waals surface area (Å²) in [4.78, 5) is 0. The molecule has 0 aromatic heterocycles. The van der Waals surface area contributed by atoms with Crippen LogP contribution in [0.5, 0.6) is 0 Å². The molecular weight excluding hydrogens is 264 g/mol. The Hall–Kier alpha value is -0.180. The summed E-state index contributed by atoms with van der Waals surface area (Å²) in [6, 6.07) is 0. The molecule has 1 saturated heterocycles. The normalized spacial score (nSPS) is 21.5. The molecule has 1 heterocycles. The minimum Gasteiger partial charge on any atom is -0.320 e. The third-order valence-corrected chi connectivity index (χ3v) is 6.52. The van der Waals surface area contributed by atoms with Gasteiger partial charge < -0.3 is 5.32 Å². The summed E-state index contributed by atoms with van der Waals surface area (Å²) in [7, 11) is -4.56. The lowest BCUT2D eigenvalue weighted by atomic mass is 10.2. The number of sulfone groups is 1. The van der Waals surface area contributed by atoms with Crippen molar-refractivity contribution in [1.82, 2.24) is 10.0 Å². The van der Waals surface area contributed by atoms with Crippen LogP contribution in [0.15, 0.2) is 0 Å². The lowest BCUT2D eigenvalue weighted by Gasteiger charge is -2.22. The average molecular weight is 284 g/mol. The van der Waals surface area contributed by atoms with E-state index in [1.54, 1.807) is 7.05 Å². The molecule has 0 aliphatic carbocycles. The van der Waals surface area contributed by atoms with Gasteiger partial charge in [0.05, 0.1) is 16.8 Å². The van der Waals surface area contributed by atoms with Crippen LogP contribution < -0.4 is 10.0 Å². The van der Waals surface area contributed by atoms with Crippen LogP contribution in [0.4, 0.5) is 0 Å². The third-order valence-electron chi connectivity index (χ3n) is 2.85. The van der Waals surface area contributed by atoms with Crippen molar-refractivity contribution in [1.29, 1.82) is 0 Å². The first-order valence-electron chi connectivity index (χ1n) is 5.71. The highest BCUT2D eigenvalue weighted by atomic mass is 32.2. The Kier molecular flexibility index (Phi) is 5.36. The van der Waals surface area contributed by atoms with Gasteiger partial charge in [-0.25, -0.2) is 21.6 Å². The molecule has 0 aromatic carbocycles. The smallest absolute Gasteiger partial charge is 0.214 e. The van der Waals surface area contributed by atoms with Gasteiger partial charge in [0, 0.05) is 6.54 Å². The maximum Gasteiger partial charge on any atom is 0.214 e. The van der Waals surface area contributed by atoms with Gasteiger partial charge in [0.2, 0.25) is 10.0 Å². The fourth-order valence-corrected chi connectivity index (χ4v) is 5.09. The largest absolute Gasteiger partial charge is 0.320 e. The highest BCUT2D eigenvalue weighted by molar-refractivity contribution is 7.92. The first kappa shape index (κ1) is 14.9. The third kappa shape index (κ3) is 4.90. The number of sulfonamides is 1. The molecule has 102 valence electrons. The molecule has 1 aliphatic rings. The Labute approximate surface area is 103 Å². The van der Waals surface area contributed by atoms with Crippen LogP contribution >= 0.6 is 0 Å². The van der Waals surface area contributed by atoms with Gasteiger partial charge >= 0.3 is 0 Å². The maximum absolute atomic E-state index is 11.8. The lowest BCUT2D eigenvalue weighted by molar-refractivity contribution is 0.540. The van der Waals surface area contributed by atoms with Gasteiger partial charge in [0.1, 0.15) is 9.84 Å². The fourth-order valence-electron chi connectivity index (χ4n) is 1.78. The molecule has 8 heteroatoms. The van der Waals surface area contributed by atoms with Gasteiger partial charge in [0.15, 0.2) is 0 Å². The monoisotopic (exact) mass is 284 g/mol. The minimum atomic E-state index is -3.36. The van der Waals surface area contributed by atoms with Gasteiger partial charge in [-0.05, 0) is 32.9 Å². The van der Waals surface area contributed by atoms with Crippen molar-refractivity contribution in [3.63, 3.8) is 0 Å². The quantitative estimate of drug-likeness (QED) is 0.616. The van der Waals surface area contributed by atoms with E-state index in [1.165, 1.54) is 0 Å². The molecule has 0 bridgehead atoms. The van der Waals surface area contributed by atoms with E-state index in [9.17, 15) is 16.8 Å². The predicted molar refractivity (Wildman–Crippen MR) is 67.1 cm³/mol. The van der Waals surface area contributed by atoms with Gasteiger partial charge in [-0.1, -0.05) is 0 Å². The Morgan fingerprint density at radius 1 is 1.18 bits per heavy atom. The Balaban J connectivity index is 2.43. The second kappa shape index (κ2) is 6.12. The molecule has 17 heavy (non-hydrogen) atoms. The average Bonchev–Trinajstić information content (AvgIpc) is 2.24. The summed E-state index contributed by atoms with van der Waals surface area (Å²) in [5.74, 6) is -0.0375. The van der Waals surface area contributed by atoms with Gasteiger partial charge in [-0.2, -0.15) is 0 Å². The predicted octanol–water partition coefficient (Wildman–Crippen LogP) is -0.907. The summed E-state index contributed by atoms with van der Waals surface area (Å²) in [5, 5.41) is 2.38. The first-order chi connectivity index (χ1) is 7.87. The molecule has 2 N–H and O–H groups in total. The van der Waals surface area contributed by atoms with Gasteiger partial charge in [0.25, 0.3) is 0 Å². The number of hydrogen-bond acceptors (Lipinski definition) is 5. The van der Waals surface area contributed by atoms with E-state index in [1.807, 2.05) is 0 Å². The van der Waals surface area contributed by atoms with Crippen LogP contribution in [0, 0.1) is 0 Å². The Bertz CT molecular complexity index is 416. The SMILES string of the molecule is CNCCCNS(=O)(=O)C1CCS(=O)(=O)CC1. The molecular formula is C9H20N2O4S2. The fraction of sp³-hybridized carbons (Fsp3) is 1.00. The number of hydrogen-bond donors (Lipinski definition) is 2. The zero-order valence-electron chi connectivity index (χ0n) is 9.98. The molecule has 0 amide bonds. The van der Waals surface area contributed by atoms with Crippen molar-refractivity contribution < 1.29 is 16.8 Å². The van der Waals surface area contributed by atoms with E-state index in [4.69, 9.17) is 0 Å². The molecule has 0 spiro atoms. The molecule has 1 rings (SSSR count). The molecule has 0 radical (unpaired) electrons. The van der Waals surface area contributed by atoms with Crippen LogP contribution in [0.25, 0.3) is 0 Å². The van der Waals surface area contributed by atoms with Crippen molar-refractivity contribution >= 4 is 19.9 Å². The van der Waals surface area contributed by atoms with Crippen LogP contribution in [-0.2, 0) is 19.9 Å². The molecule has 0 saturated carbocycles. The molecule has 1 aliphatic heterocycles. The summed E-state index contributed by atoms with van der Waals surface area (Å²) in [6.07, 6.45) is 1.15. The number of nitrogens with one attached hydrogen (secondary N) is 2. The molecule has 0 unspecified atom stereocenters. The van der Waals surface area contributed by atoms with E-state index in [0.29, 0.717) is 6.54 Å². The van der Waals surface area contributed by atoms with Gasteiger partial charge in [-0.15, -0.1) is 0 Å². The van der Waals surface area contributed by atoms with E-state index >= 15 is 0 Å². The van der Waals surface area contributed by atoms with E-state index in [0.717, 1.165) is 13.0 Å². The Morgan fingerprint density at radius 3 is 2.29 bits per heavy atom. The van der Waals surface area contributed by atoms with Crippen LogP contribution in [0.2, 0.25) is 0 Å². The summed E-state index contributed by atoms with van der Waals surface area (Å²) in [6.45, 7) is 1.15. The summed E-state index contributed by atoms with van der Waals surface area (Å²) in [5.41, 5.74) is 0. The summed E-state index contributed by atoms with van der Waals surface area (Å²) < 4.78 is 48.6. The van der Waals surface area contributed by atoms with Crippen molar-refractivity contribution in [2.24, 2.45) is 0 Å². The summed E-state index contributed by atoms with van der Waals surface area (Å²) >= 11 is 0. The Morgan fingerprint density at radius 2 is 1.76 bits per heavy atom. The van der Waals surface area contributed by atoms with Crippen molar-refractivity contribution in [3.8, 4) is 0 Å². The van der Waals surface area contributed by atoms with Crippen molar-refractivity contribution in [3.05, 3.63) is 0 Å². The minimum absolute atomic E-state index is 0.0188. The van der Waals surface area contributed by atoms with E-state index in [-0.39, 0.29) is 24.3 Å². The topological polar surface area (TPSA) is 92.3 Å². The second-order valence-corrected chi connectivity index (χ2v) is 8.60. The van der Waals surface area contributed by atoms with Gasteiger partial charge in [-0.3, -0.25) is 0 Å². The molecule has 1 fully saturated rings. The van der Waals surface area contributed by atoms with Crippen molar-refractivity contribution in [2.75, 3.05) is 31.6 Å². The highest BCUT2D eigenvalue weighted by Crippen LogP contribution is 2.18. The number of rotatable bonds is 6. The van der Waals surface area contributed by atoms with Crippen LogP contribution in [0.3, 0.4) is 0 Å². The second-order valence-electron chi connectivity index (χ2n) is 4.25. The van der Waals surface area contributed by atoms with Crippen LogP contribution in [0.1, 0.15) is 19.3 Å². The zero-order valence-corrected chi connectivity index (χ0v) is 11.6. The molecule has 0 aromatic rings. The zero-order chi connectivity index (χ0) is 12.9. The maximum atomic E-state index is 11.8. The molecule has 6 nitrogen and oxygen atoms in total. The van der Waals surface area contributed by atoms with Crippen molar-refractivity contribution in [2.45, 2.75) is 24.5 Å². The van der Waals surface area contributed by atoms with E-state index in [2.05, 4.69) is 10.0 Å².